The van der Waals surface area contributed by atoms with Crippen LogP contribution in [-0.4, -0.2) is 27.8 Å². The van der Waals surface area contributed by atoms with Crippen molar-refractivity contribution < 1.29 is 14.3 Å². The second kappa shape index (κ2) is 9.16. The molecule has 1 atom stereocenters. The number of rotatable bonds is 6. The number of nitrogens with one attached hydrogen (secondary N) is 1. The minimum atomic E-state index is -0.905. The Bertz CT molecular complexity index is 1090. The van der Waals surface area contributed by atoms with E-state index in [0.29, 0.717) is 0 Å². The normalized spacial score (nSPS) is 11.8. The number of amides is 1. The number of hydrogen-bond donors (Lipinski definition) is 1. The maximum Gasteiger partial charge on any atom is 0.311 e. The predicted molar refractivity (Wildman–Crippen MR) is 122 cm³/mol. The Kier molecular flexibility index (Phi) is 6.59. The molecule has 3 aromatic rings. The second-order valence-corrected chi connectivity index (χ2v) is 7.97. The zero-order valence-corrected chi connectivity index (χ0v) is 18.9. The molecule has 0 unspecified atom stereocenters. The Morgan fingerprint density at radius 2 is 1.65 bits per heavy atom. The van der Waals surface area contributed by atoms with E-state index in [-0.39, 0.29) is 12.3 Å². The highest BCUT2D eigenvalue weighted by Gasteiger charge is 2.22. The van der Waals surface area contributed by atoms with Crippen molar-refractivity contribution in [3.63, 3.8) is 0 Å². The van der Waals surface area contributed by atoms with E-state index in [0.717, 1.165) is 45.0 Å². The van der Waals surface area contributed by atoms with Gasteiger partial charge in [-0.25, -0.2) is 4.68 Å². The van der Waals surface area contributed by atoms with Crippen LogP contribution in [0, 0.1) is 34.6 Å². The van der Waals surface area contributed by atoms with Crippen molar-refractivity contribution in [1.29, 1.82) is 0 Å². The van der Waals surface area contributed by atoms with E-state index in [4.69, 9.17) is 4.74 Å². The highest BCUT2D eigenvalue weighted by atomic mass is 16.5. The van der Waals surface area contributed by atoms with Crippen LogP contribution in [0.4, 0.5) is 5.69 Å². The van der Waals surface area contributed by atoms with Crippen LogP contribution in [0.15, 0.2) is 42.5 Å². The van der Waals surface area contributed by atoms with Gasteiger partial charge in [-0.3, -0.25) is 9.59 Å². The highest BCUT2D eigenvalue weighted by molar-refractivity contribution is 5.96. The summed E-state index contributed by atoms with van der Waals surface area (Å²) in [6.45, 7) is 11.3. The van der Waals surface area contributed by atoms with Crippen LogP contribution in [0.1, 0.15) is 40.6 Å². The van der Waals surface area contributed by atoms with E-state index < -0.39 is 12.1 Å². The summed E-state index contributed by atoms with van der Waals surface area (Å²) < 4.78 is 7.25. The summed E-state index contributed by atoms with van der Waals surface area (Å²) in [5, 5.41) is 7.45. The average Bonchev–Trinajstić information content (AvgIpc) is 2.99. The van der Waals surface area contributed by atoms with Gasteiger partial charge >= 0.3 is 5.97 Å². The zero-order valence-electron chi connectivity index (χ0n) is 18.9. The summed E-state index contributed by atoms with van der Waals surface area (Å²) in [5.41, 5.74) is 7.23. The lowest BCUT2D eigenvalue weighted by Gasteiger charge is -2.17. The second-order valence-electron chi connectivity index (χ2n) is 7.97. The molecule has 0 radical (unpaired) electrons. The Morgan fingerprint density at radius 1 is 1.03 bits per heavy atom. The standard InChI is InChI=1S/C25H29N3O3/c1-15-12-16(2)24(17(3)13-15)26-25(30)20(6)31-23(29)14-22-18(4)27-28(19(22)5)21-10-8-7-9-11-21/h7-13,20H,14H2,1-6H3,(H,26,30)/t20-/m0/s1. The maximum absolute atomic E-state index is 12.6. The van der Waals surface area contributed by atoms with Crippen molar-refractivity contribution in [2.75, 3.05) is 5.32 Å². The van der Waals surface area contributed by atoms with E-state index >= 15 is 0 Å². The molecular weight excluding hydrogens is 390 g/mol. The molecule has 3 rings (SSSR count). The number of carbonyl (C=O) groups excluding carboxylic acids is 2. The number of benzene rings is 2. The van der Waals surface area contributed by atoms with Gasteiger partial charge in [-0.1, -0.05) is 35.9 Å². The van der Waals surface area contributed by atoms with Gasteiger partial charge in [0.2, 0.25) is 0 Å². The molecular formula is C25H29N3O3. The summed E-state index contributed by atoms with van der Waals surface area (Å²) in [6.07, 6.45) is -0.845. The van der Waals surface area contributed by atoms with Gasteiger partial charge in [0.15, 0.2) is 6.10 Å². The van der Waals surface area contributed by atoms with Crippen LogP contribution in [-0.2, 0) is 20.7 Å². The molecule has 6 heteroatoms. The third-order valence-corrected chi connectivity index (χ3v) is 5.37. The molecule has 0 bridgehead atoms. The fourth-order valence-corrected chi connectivity index (χ4v) is 3.79. The quantitative estimate of drug-likeness (QED) is 0.596. The molecule has 0 aliphatic rings. The number of anilines is 1. The molecule has 0 saturated carbocycles. The number of hydrogen-bond acceptors (Lipinski definition) is 4. The molecule has 0 saturated heterocycles. The first-order valence-electron chi connectivity index (χ1n) is 10.4. The molecule has 6 nitrogen and oxygen atoms in total. The van der Waals surface area contributed by atoms with Gasteiger partial charge in [0.25, 0.3) is 5.91 Å². The topological polar surface area (TPSA) is 73.2 Å². The SMILES string of the molecule is Cc1cc(C)c(NC(=O)[C@H](C)OC(=O)Cc2c(C)nn(-c3ccccc3)c2C)c(C)c1. The van der Waals surface area contributed by atoms with Crippen LogP contribution in [0.2, 0.25) is 0 Å². The van der Waals surface area contributed by atoms with Crippen molar-refractivity contribution in [2.24, 2.45) is 0 Å². The van der Waals surface area contributed by atoms with Crippen LogP contribution in [0.5, 0.6) is 0 Å². The predicted octanol–water partition coefficient (Wildman–Crippen LogP) is 4.53. The van der Waals surface area contributed by atoms with E-state index in [1.54, 1.807) is 6.92 Å². The fourth-order valence-electron chi connectivity index (χ4n) is 3.79. The fraction of sp³-hybridized carbons (Fsp3) is 0.320. The number of carbonyl (C=O) groups is 2. The van der Waals surface area contributed by atoms with Gasteiger partial charge in [-0.05, 0) is 64.8 Å². The molecule has 0 aliphatic carbocycles. The average molecular weight is 420 g/mol. The van der Waals surface area contributed by atoms with Crippen molar-refractivity contribution >= 4 is 17.6 Å². The lowest BCUT2D eigenvalue weighted by molar-refractivity contribution is -0.152. The van der Waals surface area contributed by atoms with Crippen LogP contribution in [0.25, 0.3) is 5.69 Å². The number of para-hydroxylation sites is 1. The molecule has 1 amide bonds. The molecule has 1 N–H and O–H groups in total. The van der Waals surface area contributed by atoms with Gasteiger partial charge in [0.1, 0.15) is 0 Å². The van der Waals surface area contributed by atoms with Gasteiger partial charge in [0.05, 0.1) is 17.8 Å². The number of aromatic nitrogens is 2. The molecule has 0 fully saturated rings. The molecule has 0 aliphatic heterocycles. The Hall–Kier alpha value is -3.41. The summed E-state index contributed by atoms with van der Waals surface area (Å²) in [7, 11) is 0. The van der Waals surface area contributed by atoms with Gasteiger partial charge < -0.3 is 10.1 Å². The highest BCUT2D eigenvalue weighted by Crippen LogP contribution is 2.23. The molecule has 31 heavy (non-hydrogen) atoms. The van der Waals surface area contributed by atoms with Crippen LogP contribution < -0.4 is 5.32 Å². The molecule has 1 aromatic heterocycles. The summed E-state index contributed by atoms with van der Waals surface area (Å²) in [5.74, 6) is -0.810. The van der Waals surface area contributed by atoms with Crippen LogP contribution >= 0.6 is 0 Å². The first kappa shape index (κ1) is 22.3. The summed E-state index contributed by atoms with van der Waals surface area (Å²) in [6, 6.07) is 13.8. The van der Waals surface area contributed by atoms with Gasteiger partial charge in [0, 0.05) is 16.9 Å². The maximum atomic E-state index is 12.6. The zero-order chi connectivity index (χ0) is 22.7. The molecule has 1 heterocycles. The number of nitrogens with zero attached hydrogens (tertiary/aromatic N) is 2. The summed E-state index contributed by atoms with van der Waals surface area (Å²) in [4.78, 5) is 25.2. The molecule has 0 spiro atoms. The van der Waals surface area contributed by atoms with E-state index in [9.17, 15) is 9.59 Å². The summed E-state index contributed by atoms with van der Waals surface area (Å²) >= 11 is 0. The minimum absolute atomic E-state index is 0.0602. The number of aryl methyl sites for hydroxylation is 4. The van der Waals surface area contributed by atoms with Crippen molar-refractivity contribution in [3.05, 3.63) is 76.1 Å². The van der Waals surface area contributed by atoms with Crippen molar-refractivity contribution in [3.8, 4) is 5.69 Å². The Morgan fingerprint density at radius 3 is 2.26 bits per heavy atom. The number of ether oxygens (including phenoxy) is 1. The lowest BCUT2D eigenvalue weighted by Crippen LogP contribution is -2.31. The largest absolute Gasteiger partial charge is 0.452 e. The third-order valence-electron chi connectivity index (χ3n) is 5.37. The lowest BCUT2D eigenvalue weighted by atomic mass is 10.0. The van der Waals surface area contributed by atoms with Crippen molar-refractivity contribution in [2.45, 2.75) is 54.1 Å². The number of esters is 1. The smallest absolute Gasteiger partial charge is 0.311 e. The van der Waals surface area contributed by atoms with E-state index in [1.807, 2.05) is 81.8 Å². The van der Waals surface area contributed by atoms with Crippen molar-refractivity contribution in [1.82, 2.24) is 9.78 Å². The minimum Gasteiger partial charge on any atom is -0.452 e. The van der Waals surface area contributed by atoms with E-state index in [2.05, 4.69) is 10.4 Å². The first-order valence-corrected chi connectivity index (χ1v) is 10.4. The van der Waals surface area contributed by atoms with Crippen LogP contribution in [0.3, 0.4) is 0 Å². The van der Waals surface area contributed by atoms with E-state index in [1.165, 1.54) is 0 Å². The van der Waals surface area contributed by atoms with Gasteiger partial charge in [-0.2, -0.15) is 5.10 Å². The molecule has 2 aromatic carbocycles. The van der Waals surface area contributed by atoms with Gasteiger partial charge in [-0.15, -0.1) is 0 Å². The Labute approximate surface area is 183 Å². The Balaban J connectivity index is 1.67. The monoisotopic (exact) mass is 419 g/mol. The first-order chi connectivity index (χ1) is 14.7. The molecule has 162 valence electrons. The third kappa shape index (κ3) is 5.02.